The van der Waals surface area contributed by atoms with E-state index in [0.29, 0.717) is 0 Å². The van der Waals surface area contributed by atoms with Crippen molar-refractivity contribution in [2.75, 3.05) is 19.8 Å². The third kappa shape index (κ3) is 14.7. The van der Waals surface area contributed by atoms with E-state index in [4.69, 9.17) is 30.0 Å². The van der Waals surface area contributed by atoms with E-state index in [-0.39, 0.29) is 30.1 Å². The first kappa shape index (κ1) is 30.9. The summed E-state index contributed by atoms with van der Waals surface area (Å²) in [4.78, 5) is 45.7. The van der Waals surface area contributed by atoms with E-state index in [1.54, 1.807) is 0 Å². The van der Waals surface area contributed by atoms with Crippen LogP contribution in [-0.4, -0.2) is 47.0 Å². The molecule has 0 aromatic rings. The molecular formula is C14H18MnO8P-2. The molecule has 0 amide bonds. The number of allylic oxidation sites excluding steroid dienone is 5. The fraction of sp³-hybridized carbons (Fsp3) is 0.357. The first-order valence-corrected chi connectivity index (χ1v) is 6.86. The molecule has 1 aliphatic carbocycles. The average molecular weight is 400 g/mol. The molecule has 0 saturated carbocycles. The van der Waals surface area contributed by atoms with Crippen molar-refractivity contribution in [3.63, 3.8) is 0 Å². The SMILES string of the molecule is O=C=CC(=C=O)C(CO)(CO)CO.[C-]1=CC=CC1.[CH3-].[Mn+3].[O-]P([O-])[O-]. The van der Waals surface area contributed by atoms with Crippen LogP contribution in [0.15, 0.2) is 29.9 Å². The van der Waals surface area contributed by atoms with Crippen LogP contribution in [0, 0.1) is 18.9 Å². The molecule has 0 fully saturated rings. The fourth-order valence-corrected chi connectivity index (χ4v) is 1.10. The van der Waals surface area contributed by atoms with E-state index in [1.807, 2.05) is 12.2 Å². The van der Waals surface area contributed by atoms with E-state index in [1.165, 1.54) is 11.9 Å². The normalized spacial score (nSPS) is 10.6. The molecule has 0 spiro atoms. The summed E-state index contributed by atoms with van der Waals surface area (Å²) in [6, 6.07) is 0. The minimum absolute atomic E-state index is 0. The van der Waals surface area contributed by atoms with Crippen molar-refractivity contribution in [1.29, 1.82) is 0 Å². The first-order chi connectivity index (χ1) is 10.4. The zero-order valence-corrected chi connectivity index (χ0v) is 14.9. The summed E-state index contributed by atoms with van der Waals surface area (Å²) in [5.74, 6) is 2.68. The summed E-state index contributed by atoms with van der Waals surface area (Å²) in [6.07, 6.45) is 10.7. The van der Waals surface area contributed by atoms with Gasteiger partial charge in [-0.05, 0) is 0 Å². The van der Waals surface area contributed by atoms with E-state index in [0.717, 1.165) is 12.5 Å². The summed E-state index contributed by atoms with van der Waals surface area (Å²) in [5, 5.41) is 26.5. The second-order valence-electron chi connectivity index (χ2n) is 3.76. The number of aliphatic hydroxyl groups is 3. The number of carbonyl (C=O) groups excluding carboxylic acids is 2. The Morgan fingerprint density at radius 3 is 1.83 bits per heavy atom. The van der Waals surface area contributed by atoms with Crippen LogP contribution in [0.4, 0.5) is 0 Å². The first-order valence-electron chi connectivity index (χ1n) is 5.76. The van der Waals surface area contributed by atoms with Gasteiger partial charge in [-0.2, -0.15) is 6.08 Å². The van der Waals surface area contributed by atoms with Gasteiger partial charge in [0.05, 0.1) is 30.8 Å². The van der Waals surface area contributed by atoms with Crippen molar-refractivity contribution < 1.29 is 56.7 Å². The van der Waals surface area contributed by atoms with Gasteiger partial charge in [0, 0.05) is 6.08 Å². The molecule has 0 aromatic heterocycles. The molecule has 0 bridgehead atoms. The molecule has 10 heteroatoms. The Balaban J connectivity index is -0.000000150. The summed E-state index contributed by atoms with van der Waals surface area (Å²) in [6.45, 7) is -1.95. The van der Waals surface area contributed by atoms with Gasteiger partial charge in [-0.25, -0.2) is 21.7 Å². The van der Waals surface area contributed by atoms with Crippen molar-refractivity contribution >= 4 is 20.5 Å². The largest absolute Gasteiger partial charge is 3.00 e. The predicted molar refractivity (Wildman–Crippen MR) is 78.1 cm³/mol. The molecule has 1 aliphatic rings. The minimum Gasteiger partial charge on any atom is -0.854 e. The summed E-state index contributed by atoms with van der Waals surface area (Å²) in [7, 11) is -3.37. The molecule has 136 valence electrons. The summed E-state index contributed by atoms with van der Waals surface area (Å²) >= 11 is 0. The number of hydrogen-bond donors (Lipinski definition) is 3. The van der Waals surface area contributed by atoms with Crippen molar-refractivity contribution in [3.8, 4) is 0 Å². The van der Waals surface area contributed by atoms with E-state index in [9.17, 15) is 9.59 Å². The zero-order valence-electron chi connectivity index (χ0n) is 12.8. The number of hydrogen-bond acceptors (Lipinski definition) is 8. The molecule has 3 N–H and O–H groups in total. The van der Waals surface area contributed by atoms with Gasteiger partial charge in [0.1, 0.15) is 11.9 Å². The Morgan fingerprint density at radius 1 is 1.21 bits per heavy atom. The van der Waals surface area contributed by atoms with Crippen molar-refractivity contribution in [2.24, 2.45) is 5.41 Å². The smallest absolute Gasteiger partial charge is 0.854 e. The quantitative estimate of drug-likeness (QED) is 0.146. The Hall–Kier alpha value is -0.911. The Bertz CT molecular complexity index is 427. The molecule has 0 radical (unpaired) electrons. The van der Waals surface area contributed by atoms with Gasteiger partial charge in [-0.3, -0.25) is 6.08 Å². The second kappa shape index (κ2) is 20.1. The van der Waals surface area contributed by atoms with E-state index in [2.05, 4.69) is 12.2 Å². The monoisotopic (exact) mass is 400 g/mol. The van der Waals surface area contributed by atoms with Crippen LogP contribution in [0.3, 0.4) is 0 Å². The molecule has 0 aliphatic heterocycles. The van der Waals surface area contributed by atoms with Gasteiger partial charge in [0.2, 0.25) is 0 Å². The standard InChI is InChI=1S/C8H10O5.C5H5.CH3.Mn.O3P/c9-2-1-7(3-10)8(4-11,5-12)6-13;1-2-4-5-3-1;;;1-4(2)3/h1,11-13H,4-6H2;1-3H,4H2;1H3;;/q;2*-1;+3;-3. The van der Waals surface area contributed by atoms with Crippen LogP contribution in [0.25, 0.3) is 0 Å². The average Bonchev–Trinajstić information content (AvgIpc) is 3.07. The second-order valence-corrected chi connectivity index (χ2v) is 4.21. The van der Waals surface area contributed by atoms with Crippen molar-refractivity contribution in [2.45, 2.75) is 6.42 Å². The fourth-order valence-electron chi connectivity index (χ4n) is 1.10. The molecule has 0 unspecified atom stereocenters. The van der Waals surface area contributed by atoms with Gasteiger partial charge in [0.15, 0.2) is 0 Å². The molecule has 0 heterocycles. The van der Waals surface area contributed by atoms with Gasteiger partial charge in [-0.1, -0.05) is 0 Å². The Labute approximate surface area is 152 Å². The summed E-state index contributed by atoms with van der Waals surface area (Å²) < 4.78 is 0. The zero-order chi connectivity index (χ0) is 17.4. The topological polar surface area (TPSA) is 164 Å². The van der Waals surface area contributed by atoms with Crippen LogP contribution in [0.2, 0.25) is 0 Å². The molecule has 8 nitrogen and oxygen atoms in total. The Kier molecular flexibility index (Phi) is 25.9. The van der Waals surface area contributed by atoms with Crippen LogP contribution >= 0.6 is 8.60 Å². The molecule has 0 saturated heterocycles. The van der Waals surface area contributed by atoms with Gasteiger partial charge in [-0.15, -0.1) is 6.42 Å². The van der Waals surface area contributed by atoms with Gasteiger partial charge in [0.25, 0.3) is 0 Å². The van der Waals surface area contributed by atoms with Crippen LogP contribution in [0.1, 0.15) is 6.42 Å². The third-order valence-corrected chi connectivity index (χ3v) is 2.38. The van der Waals surface area contributed by atoms with Crippen molar-refractivity contribution in [1.82, 2.24) is 0 Å². The van der Waals surface area contributed by atoms with Crippen LogP contribution < -0.4 is 14.7 Å². The number of aliphatic hydroxyl groups excluding tert-OH is 3. The maximum Gasteiger partial charge on any atom is 3.00 e. The minimum atomic E-state index is -3.37. The van der Waals surface area contributed by atoms with Gasteiger partial charge < -0.3 is 46.0 Å². The molecule has 24 heavy (non-hydrogen) atoms. The number of rotatable bonds is 5. The van der Waals surface area contributed by atoms with Crippen molar-refractivity contribution in [3.05, 3.63) is 43.4 Å². The van der Waals surface area contributed by atoms with Crippen LogP contribution in [-0.2, 0) is 26.7 Å². The van der Waals surface area contributed by atoms with Crippen LogP contribution in [0.5, 0.6) is 0 Å². The summed E-state index contributed by atoms with van der Waals surface area (Å²) in [5.41, 5.74) is -1.81. The van der Waals surface area contributed by atoms with E-state index < -0.39 is 33.8 Å². The van der Waals surface area contributed by atoms with E-state index >= 15 is 0 Å². The molecule has 0 atom stereocenters. The third-order valence-electron chi connectivity index (χ3n) is 2.38. The molecule has 1 rings (SSSR count). The Morgan fingerprint density at radius 2 is 1.67 bits per heavy atom. The predicted octanol–water partition coefficient (Wildman–Crippen LogP) is -2.86. The molecule has 0 aromatic carbocycles. The molecular weight excluding hydrogens is 382 g/mol. The maximum atomic E-state index is 10.3. The van der Waals surface area contributed by atoms with Gasteiger partial charge >= 0.3 is 17.1 Å². The maximum absolute atomic E-state index is 10.3.